The molecule has 0 fully saturated rings. The van der Waals surface area contributed by atoms with Gasteiger partial charge in [0.25, 0.3) is 11.5 Å². The predicted molar refractivity (Wildman–Crippen MR) is 108 cm³/mol. The first-order valence-electron chi connectivity index (χ1n) is 8.78. The summed E-state index contributed by atoms with van der Waals surface area (Å²) in [5, 5.41) is 9.66. The summed E-state index contributed by atoms with van der Waals surface area (Å²) in [7, 11) is 0. The van der Waals surface area contributed by atoms with Crippen LogP contribution < -0.4 is 15.6 Å². The molecule has 29 heavy (non-hydrogen) atoms. The number of carbonyl (C=O) groups excluding carboxylic acids is 2. The Morgan fingerprint density at radius 3 is 2.21 bits per heavy atom. The Labute approximate surface area is 165 Å². The molecule has 1 aromatic heterocycles. The van der Waals surface area contributed by atoms with Gasteiger partial charge in [0.15, 0.2) is 5.69 Å². The van der Waals surface area contributed by atoms with Gasteiger partial charge in [0, 0.05) is 16.6 Å². The second-order valence-electron chi connectivity index (χ2n) is 6.18. The molecule has 4 rings (SSSR count). The number of aromatic amines is 1. The van der Waals surface area contributed by atoms with Crippen LogP contribution in [0.3, 0.4) is 0 Å². The molecule has 3 aromatic carbocycles. The number of amides is 1. The number of esters is 1. The van der Waals surface area contributed by atoms with Gasteiger partial charge in [0.05, 0.1) is 5.39 Å². The van der Waals surface area contributed by atoms with Crippen molar-refractivity contribution in [1.82, 2.24) is 10.2 Å². The van der Waals surface area contributed by atoms with E-state index in [1.54, 1.807) is 72.8 Å². The quantitative estimate of drug-likeness (QED) is 0.414. The van der Waals surface area contributed by atoms with Crippen LogP contribution in [-0.2, 0) is 0 Å². The summed E-state index contributed by atoms with van der Waals surface area (Å²) in [6, 6.07) is 21.9. The number of aromatic nitrogens is 2. The first kappa shape index (κ1) is 18.1. The zero-order valence-corrected chi connectivity index (χ0v) is 15.1. The number of ether oxygens (including phenoxy) is 1. The molecule has 7 nitrogen and oxygen atoms in total. The molecule has 0 aliphatic heterocycles. The highest BCUT2D eigenvalue weighted by molar-refractivity contribution is 6.04. The fraction of sp³-hybridized carbons (Fsp3) is 0. The van der Waals surface area contributed by atoms with Crippen molar-refractivity contribution in [3.05, 3.63) is 100 Å². The maximum atomic E-state index is 12.5. The van der Waals surface area contributed by atoms with E-state index in [0.29, 0.717) is 22.0 Å². The SMILES string of the molecule is O=C(Nc1ccc(OC(=O)c2n[nH]c(=O)c3ccccc23)cc1)c1ccccc1. The number of anilines is 1. The molecule has 0 saturated heterocycles. The fourth-order valence-corrected chi connectivity index (χ4v) is 2.82. The van der Waals surface area contributed by atoms with E-state index in [1.165, 1.54) is 0 Å². The second-order valence-corrected chi connectivity index (χ2v) is 6.18. The number of H-pyrrole nitrogens is 1. The number of hydrogen-bond acceptors (Lipinski definition) is 5. The van der Waals surface area contributed by atoms with E-state index >= 15 is 0 Å². The van der Waals surface area contributed by atoms with E-state index < -0.39 is 5.97 Å². The lowest BCUT2D eigenvalue weighted by molar-refractivity contribution is 0.0729. The van der Waals surface area contributed by atoms with Crippen LogP contribution in [0.1, 0.15) is 20.8 Å². The molecule has 0 unspecified atom stereocenters. The number of benzene rings is 3. The molecule has 0 saturated carbocycles. The Kier molecular flexibility index (Phi) is 4.86. The van der Waals surface area contributed by atoms with E-state index in [2.05, 4.69) is 15.5 Å². The molecule has 142 valence electrons. The summed E-state index contributed by atoms with van der Waals surface area (Å²) in [6.45, 7) is 0. The van der Waals surface area contributed by atoms with Crippen LogP contribution in [0, 0.1) is 0 Å². The lowest BCUT2D eigenvalue weighted by Crippen LogP contribution is -2.17. The summed E-state index contributed by atoms with van der Waals surface area (Å²) < 4.78 is 5.36. The molecular weight excluding hydrogens is 370 g/mol. The van der Waals surface area contributed by atoms with Crippen molar-refractivity contribution >= 4 is 28.3 Å². The first-order chi connectivity index (χ1) is 14.1. The van der Waals surface area contributed by atoms with Gasteiger partial charge in [-0.2, -0.15) is 5.10 Å². The Morgan fingerprint density at radius 2 is 1.48 bits per heavy atom. The Morgan fingerprint density at radius 1 is 0.828 bits per heavy atom. The topological polar surface area (TPSA) is 101 Å². The van der Waals surface area contributed by atoms with Gasteiger partial charge in [-0.25, -0.2) is 9.89 Å². The van der Waals surface area contributed by atoms with Gasteiger partial charge in [-0.05, 0) is 42.5 Å². The molecule has 7 heteroatoms. The standard InChI is InChI=1S/C22H15N3O4/c26-20(14-6-2-1-3-7-14)23-15-10-12-16(13-11-15)29-22(28)19-17-8-4-5-9-18(17)21(27)25-24-19/h1-13H,(H,23,26)(H,25,27). The van der Waals surface area contributed by atoms with E-state index in [-0.39, 0.29) is 22.9 Å². The van der Waals surface area contributed by atoms with Gasteiger partial charge in [-0.3, -0.25) is 9.59 Å². The second kappa shape index (κ2) is 7.77. The maximum absolute atomic E-state index is 12.5. The van der Waals surface area contributed by atoms with Crippen molar-refractivity contribution in [2.75, 3.05) is 5.32 Å². The number of hydrogen-bond donors (Lipinski definition) is 2. The molecule has 0 aliphatic carbocycles. The number of rotatable bonds is 4. The molecular formula is C22H15N3O4. The number of carbonyl (C=O) groups is 2. The lowest BCUT2D eigenvalue weighted by atomic mass is 10.1. The normalized spacial score (nSPS) is 10.5. The summed E-state index contributed by atoms with van der Waals surface area (Å²) in [4.78, 5) is 36.5. The van der Waals surface area contributed by atoms with Gasteiger partial charge in [0.1, 0.15) is 5.75 Å². The van der Waals surface area contributed by atoms with Gasteiger partial charge in [-0.15, -0.1) is 0 Å². The van der Waals surface area contributed by atoms with Crippen LogP contribution in [0.4, 0.5) is 5.69 Å². The minimum absolute atomic E-state index is 0.0154. The predicted octanol–water partition coefficient (Wildman–Crippen LogP) is 3.39. The summed E-state index contributed by atoms with van der Waals surface area (Å²) in [6.07, 6.45) is 0. The largest absolute Gasteiger partial charge is 0.422 e. The molecule has 2 N–H and O–H groups in total. The van der Waals surface area contributed by atoms with E-state index in [4.69, 9.17) is 4.74 Å². The first-order valence-corrected chi connectivity index (χ1v) is 8.78. The number of fused-ring (bicyclic) bond motifs is 1. The smallest absolute Gasteiger partial charge is 0.364 e. The van der Waals surface area contributed by atoms with Crippen LogP contribution in [-0.4, -0.2) is 22.1 Å². The van der Waals surface area contributed by atoms with Crippen LogP contribution >= 0.6 is 0 Å². The zero-order chi connectivity index (χ0) is 20.2. The maximum Gasteiger partial charge on any atom is 0.364 e. The lowest BCUT2D eigenvalue weighted by Gasteiger charge is -2.08. The van der Waals surface area contributed by atoms with Crippen molar-refractivity contribution in [3.63, 3.8) is 0 Å². The third kappa shape index (κ3) is 3.89. The molecule has 4 aromatic rings. The van der Waals surface area contributed by atoms with Crippen LogP contribution in [0.25, 0.3) is 10.8 Å². The highest BCUT2D eigenvalue weighted by atomic mass is 16.5. The average Bonchev–Trinajstić information content (AvgIpc) is 2.76. The molecule has 0 atom stereocenters. The molecule has 0 spiro atoms. The van der Waals surface area contributed by atoms with E-state index in [0.717, 1.165) is 0 Å². The summed E-state index contributed by atoms with van der Waals surface area (Å²) >= 11 is 0. The van der Waals surface area contributed by atoms with Crippen molar-refractivity contribution in [2.24, 2.45) is 0 Å². The van der Waals surface area contributed by atoms with E-state index in [1.807, 2.05) is 6.07 Å². The van der Waals surface area contributed by atoms with Crippen molar-refractivity contribution in [3.8, 4) is 5.75 Å². The molecule has 1 heterocycles. The van der Waals surface area contributed by atoms with Crippen molar-refractivity contribution < 1.29 is 14.3 Å². The highest BCUT2D eigenvalue weighted by Gasteiger charge is 2.16. The molecule has 1 amide bonds. The highest BCUT2D eigenvalue weighted by Crippen LogP contribution is 2.19. The average molecular weight is 385 g/mol. The third-order valence-electron chi connectivity index (χ3n) is 4.25. The van der Waals surface area contributed by atoms with Crippen LogP contribution in [0.2, 0.25) is 0 Å². The number of nitrogens with zero attached hydrogens (tertiary/aromatic N) is 1. The molecule has 0 bridgehead atoms. The van der Waals surface area contributed by atoms with Gasteiger partial charge in [0.2, 0.25) is 0 Å². The molecule has 0 aliphatic rings. The Hall–Kier alpha value is -4.26. The third-order valence-corrected chi connectivity index (χ3v) is 4.25. The van der Waals surface area contributed by atoms with Crippen molar-refractivity contribution in [2.45, 2.75) is 0 Å². The minimum Gasteiger partial charge on any atom is -0.422 e. The minimum atomic E-state index is -0.696. The fourth-order valence-electron chi connectivity index (χ4n) is 2.82. The molecule has 0 radical (unpaired) electrons. The Bertz CT molecular complexity index is 1250. The van der Waals surface area contributed by atoms with Gasteiger partial charge in [-0.1, -0.05) is 36.4 Å². The monoisotopic (exact) mass is 385 g/mol. The van der Waals surface area contributed by atoms with Crippen LogP contribution in [0.5, 0.6) is 5.75 Å². The summed E-state index contributed by atoms with van der Waals surface area (Å²) in [5.74, 6) is -0.650. The Balaban J connectivity index is 1.49. The van der Waals surface area contributed by atoms with Gasteiger partial charge >= 0.3 is 5.97 Å². The van der Waals surface area contributed by atoms with E-state index in [9.17, 15) is 14.4 Å². The summed E-state index contributed by atoms with van der Waals surface area (Å²) in [5.41, 5.74) is 0.739. The zero-order valence-electron chi connectivity index (χ0n) is 15.1. The van der Waals surface area contributed by atoms with Crippen molar-refractivity contribution in [1.29, 1.82) is 0 Å². The van der Waals surface area contributed by atoms with Gasteiger partial charge < -0.3 is 10.1 Å². The van der Waals surface area contributed by atoms with Crippen LogP contribution in [0.15, 0.2) is 83.7 Å². The number of nitrogens with one attached hydrogen (secondary N) is 2.